The van der Waals surface area contributed by atoms with Crippen molar-refractivity contribution in [1.29, 1.82) is 0 Å². The van der Waals surface area contributed by atoms with E-state index >= 15 is 0 Å². The van der Waals surface area contributed by atoms with Gasteiger partial charge in [-0.15, -0.1) is 0 Å². The quantitative estimate of drug-likeness (QED) is 0.770. The summed E-state index contributed by atoms with van der Waals surface area (Å²) in [5, 5.41) is 8.52. The van der Waals surface area contributed by atoms with E-state index in [0.29, 0.717) is 11.5 Å². The lowest BCUT2D eigenvalue weighted by atomic mass is 10.1. The third kappa shape index (κ3) is 2.90. The fourth-order valence-corrected chi connectivity index (χ4v) is 3.15. The van der Waals surface area contributed by atoms with Crippen molar-refractivity contribution < 1.29 is 4.79 Å². The molecule has 0 saturated heterocycles. The molecule has 2 heterocycles. The number of carbonyl (C=O) groups is 1. The molecule has 0 aromatic carbocycles. The average Bonchev–Trinajstić information content (AvgIpc) is 2.91. The third-order valence-corrected chi connectivity index (χ3v) is 4.43. The lowest BCUT2D eigenvalue weighted by Crippen LogP contribution is -2.01. The van der Waals surface area contributed by atoms with E-state index in [4.69, 9.17) is 0 Å². The molecule has 0 spiro atoms. The Bertz CT molecular complexity index is 545. The number of halogens is 1. The maximum atomic E-state index is 11.1. The van der Waals surface area contributed by atoms with Gasteiger partial charge in [-0.2, -0.15) is 16.4 Å². The van der Waals surface area contributed by atoms with Gasteiger partial charge in [-0.05, 0) is 28.3 Å². The average molecular weight is 327 g/mol. The van der Waals surface area contributed by atoms with E-state index in [0.717, 1.165) is 35.0 Å². The summed E-state index contributed by atoms with van der Waals surface area (Å²) in [4.78, 5) is 11.1. The van der Waals surface area contributed by atoms with E-state index in [-0.39, 0.29) is 0 Å². The second-order valence-corrected chi connectivity index (χ2v) is 6.23. The fraction of sp³-hybridized carbons (Fsp3) is 0.385. The van der Waals surface area contributed by atoms with E-state index in [1.807, 2.05) is 21.6 Å². The Labute approximate surface area is 119 Å². The standard InChI is InChI=1S/C13H15BrN2OS/c1-9(2)3-4-16-5-10(6-17)13(15-16)11-7-18-8-12(11)14/h5-9H,3-4H2,1-2H3. The smallest absolute Gasteiger partial charge is 0.153 e. The molecule has 2 rings (SSSR count). The minimum atomic E-state index is 0.630. The van der Waals surface area contributed by atoms with Crippen molar-refractivity contribution in [3.8, 4) is 11.3 Å². The van der Waals surface area contributed by atoms with Crippen LogP contribution in [0.1, 0.15) is 30.6 Å². The molecule has 2 aromatic heterocycles. The molecule has 0 saturated carbocycles. The predicted molar refractivity (Wildman–Crippen MR) is 78.1 cm³/mol. The molecule has 0 aliphatic carbocycles. The van der Waals surface area contributed by atoms with Crippen LogP contribution in [0.2, 0.25) is 0 Å². The van der Waals surface area contributed by atoms with Crippen molar-refractivity contribution in [2.45, 2.75) is 26.8 Å². The number of hydrogen-bond acceptors (Lipinski definition) is 3. The Balaban J connectivity index is 2.30. The van der Waals surface area contributed by atoms with Crippen LogP contribution >= 0.6 is 27.3 Å². The highest BCUT2D eigenvalue weighted by Crippen LogP contribution is 2.32. The minimum Gasteiger partial charge on any atom is -0.298 e. The maximum absolute atomic E-state index is 11.1. The molecular weight excluding hydrogens is 312 g/mol. The number of aryl methyl sites for hydroxylation is 1. The molecule has 0 amide bonds. The third-order valence-electron chi connectivity index (χ3n) is 2.72. The first kappa shape index (κ1) is 13.5. The van der Waals surface area contributed by atoms with Crippen LogP contribution in [0.25, 0.3) is 11.3 Å². The molecule has 0 aliphatic heterocycles. The number of aromatic nitrogens is 2. The summed E-state index contributed by atoms with van der Waals surface area (Å²) in [7, 11) is 0. The highest BCUT2D eigenvalue weighted by molar-refractivity contribution is 9.10. The van der Waals surface area contributed by atoms with Crippen LogP contribution in [-0.4, -0.2) is 16.1 Å². The first-order valence-electron chi connectivity index (χ1n) is 5.86. The molecule has 18 heavy (non-hydrogen) atoms. The van der Waals surface area contributed by atoms with Crippen LogP contribution in [-0.2, 0) is 6.54 Å². The zero-order valence-electron chi connectivity index (χ0n) is 10.4. The zero-order chi connectivity index (χ0) is 13.1. The van der Waals surface area contributed by atoms with Gasteiger partial charge in [0.2, 0.25) is 0 Å². The molecule has 2 aromatic rings. The van der Waals surface area contributed by atoms with E-state index in [2.05, 4.69) is 34.9 Å². The number of hydrogen-bond donors (Lipinski definition) is 0. The van der Waals surface area contributed by atoms with Crippen LogP contribution in [0.5, 0.6) is 0 Å². The van der Waals surface area contributed by atoms with Gasteiger partial charge in [0, 0.05) is 33.5 Å². The van der Waals surface area contributed by atoms with Crippen LogP contribution in [0.15, 0.2) is 21.4 Å². The Morgan fingerprint density at radius 1 is 1.50 bits per heavy atom. The number of aldehydes is 1. The number of rotatable bonds is 5. The Morgan fingerprint density at radius 2 is 2.28 bits per heavy atom. The van der Waals surface area contributed by atoms with Gasteiger partial charge < -0.3 is 0 Å². The van der Waals surface area contributed by atoms with Gasteiger partial charge in [0.1, 0.15) is 5.69 Å². The van der Waals surface area contributed by atoms with E-state index in [1.54, 1.807) is 11.3 Å². The van der Waals surface area contributed by atoms with Gasteiger partial charge in [-0.3, -0.25) is 9.48 Å². The summed E-state index contributed by atoms with van der Waals surface area (Å²) in [6.45, 7) is 5.21. The number of nitrogens with zero attached hydrogens (tertiary/aromatic N) is 2. The van der Waals surface area contributed by atoms with Crippen LogP contribution in [0.3, 0.4) is 0 Å². The monoisotopic (exact) mass is 326 g/mol. The molecule has 0 unspecified atom stereocenters. The van der Waals surface area contributed by atoms with Crippen molar-refractivity contribution in [2.24, 2.45) is 5.92 Å². The lowest BCUT2D eigenvalue weighted by Gasteiger charge is -2.03. The largest absolute Gasteiger partial charge is 0.298 e. The van der Waals surface area contributed by atoms with E-state index in [1.165, 1.54) is 0 Å². The Kier molecular flexibility index (Phi) is 4.35. The van der Waals surface area contributed by atoms with E-state index < -0.39 is 0 Å². The van der Waals surface area contributed by atoms with Gasteiger partial charge in [0.25, 0.3) is 0 Å². The molecule has 0 N–H and O–H groups in total. The van der Waals surface area contributed by atoms with Crippen molar-refractivity contribution in [2.75, 3.05) is 0 Å². The normalized spacial score (nSPS) is 11.1. The second kappa shape index (κ2) is 5.80. The zero-order valence-corrected chi connectivity index (χ0v) is 12.8. The summed E-state index contributed by atoms with van der Waals surface area (Å²) in [5.74, 6) is 0.630. The summed E-state index contributed by atoms with van der Waals surface area (Å²) in [6, 6.07) is 0. The molecule has 0 fully saturated rings. The molecule has 0 radical (unpaired) electrons. The number of carbonyl (C=O) groups excluding carboxylic acids is 1. The van der Waals surface area contributed by atoms with E-state index in [9.17, 15) is 4.79 Å². The van der Waals surface area contributed by atoms with Gasteiger partial charge in [0.15, 0.2) is 6.29 Å². The lowest BCUT2D eigenvalue weighted by molar-refractivity contribution is 0.112. The fourth-order valence-electron chi connectivity index (χ4n) is 1.69. The van der Waals surface area contributed by atoms with Crippen LogP contribution in [0, 0.1) is 5.92 Å². The first-order valence-corrected chi connectivity index (χ1v) is 7.60. The van der Waals surface area contributed by atoms with Crippen molar-refractivity contribution in [3.05, 3.63) is 27.0 Å². The maximum Gasteiger partial charge on any atom is 0.153 e. The summed E-state index contributed by atoms with van der Waals surface area (Å²) in [5.41, 5.74) is 2.41. The van der Waals surface area contributed by atoms with Gasteiger partial charge >= 0.3 is 0 Å². The molecule has 5 heteroatoms. The van der Waals surface area contributed by atoms with Crippen molar-refractivity contribution in [3.63, 3.8) is 0 Å². The molecule has 3 nitrogen and oxygen atoms in total. The Hall–Kier alpha value is -0.940. The molecule has 0 bridgehead atoms. The highest BCUT2D eigenvalue weighted by atomic mass is 79.9. The van der Waals surface area contributed by atoms with Crippen molar-refractivity contribution in [1.82, 2.24) is 9.78 Å². The van der Waals surface area contributed by atoms with Gasteiger partial charge in [-0.1, -0.05) is 13.8 Å². The summed E-state index contributed by atoms with van der Waals surface area (Å²) < 4.78 is 2.85. The van der Waals surface area contributed by atoms with Gasteiger partial charge in [0.05, 0.1) is 5.56 Å². The molecule has 0 aliphatic rings. The highest BCUT2D eigenvalue weighted by Gasteiger charge is 2.14. The second-order valence-electron chi connectivity index (χ2n) is 4.63. The summed E-state index contributed by atoms with van der Waals surface area (Å²) >= 11 is 5.08. The molecule has 96 valence electrons. The van der Waals surface area contributed by atoms with Crippen LogP contribution in [0.4, 0.5) is 0 Å². The summed E-state index contributed by atoms with van der Waals surface area (Å²) in [6.07, 6.45) is 3.76. The topological polar surface area (TPSA) is 34.9 Å². The number of thiophene rings is 1. The van der Waals surface area contributed by atoms with Crippen LogP contribution < -0.4 is 0 Å². The SMILES string of the molecule is CC(C)CCn1cc(C=O)c(-c2cscc2Br)n1. The predicted octanol–water partition coefficient (Wildman–Crippen LogP) is 4.23. The van der Waals surface area contributed by atoms with Gasteiger partial charge in [-0.25, -0.2) is 0 Å². The minimum absolute atomic E-state index is 0.630. The van der Waals surface area contributed by atoms with Crippen molar-refractivity contribution >= 4 is 33.6 Å². The molecular formula is C13H15BrN2OS. The first-order chi connectivity index (χ1) is 8.61. The Morgan fingerprint density at radius 3 is 2.83 bits per heavy atom. The molecule has 0 atom stereocenters.